The molecule has 15 heavy (non-hydrogen) atoms. The van der Waals surface area contributed by atoms with Gasteiger partial charge in [-0.25, -0.2) is 0 Å². The Morgan fingerprint density at radius 3 is 2.73 bits per heavy atom. The van der Waals surface area contributed by atoms with Gasteiger partial charge < -0.3 is 4.74 Å². The number of hydrogen-bond acceptors (Lipinski definition) is 1. The highest BCUT2D eigenvalue weighted by Crippen LogP contribution is 2.34. The second-order valence-corrected chi connectivity index (χ2v) is 5.33. The molecule has 0 fully saturated rings. The fourth-order valence-corrected chi connectivity index (χ4v) is 2.50. The van der Waals surface area contributed by atoms with Crippen LogP contribution in [-0.4, -0.2) is 7.11 Å². The monoisotopic (exact) mass is 204 g/mol. The van der Waals surface area contributed by atoms with Gasteiger partial charge in [-0.3, -0.25) is 0 Å². The second kappa shape index (κ2) is 3.88. The van der Waals surface area contributed by atoms with Gasteiger partial charge in [0.2, 0.25) is 0 Å². The highest BCUT2D eigenvalue weighted by atomic mass is 16.5. The Morgan fingerprint density at radius 2 is 2.00 bits per heavy atom. The van der Waals surface area contributed by atoms with Gasteiger partial charge in [-0.2, -0.15) is 0 Å². The van der Waals surface area contributed by atoms with E-state index in [9.17, 15) is 0 Å². The van der Waals surface area contributed by atoms with Crippen molar-refractivity contribution in [2.45, 2.75) is 39.5 Å². The lowest BCUT2D eigenvalue weighted by Crippen LogP contribution is -2.13. The summed E-state index contributed by atoms with van der Waals surface area (Å²) in [4.78, 5) is 0. The zero-order valence-electron chi connectivity index (χ0n) is 9.97. The van der Waals surface area contributed by atoms with E-state index in [0.717, 1.165) is 5.75 Å². The average molecular weight is 204 g/mol. The summed E-state index contributed by atoms with van der Waals surface area (Å²) in [6, 6.07) is 6.53. The lowest BCUT2D eigenvalue weighted by Gasteiger charge is -2.22. The minimum Gasteiger partial charge on any atom is -0.497 e. The average Bonchev–Trinajstić information content (AvgIpc) is 2.33. The van der Waals surface area contributed by atoms with Crippen molar-refractivity contribution in [1.82, 2.24) is 0 Å². The Morgan fingerprint density at radius 1 is 1.20 bits per heavy atom. The van der Waals surface area contributed by atoms with Gasteiger partial charge in [0.1, 0.15) is 5.75 Å². The van der Waals surface area contributed by atoms with Gasteiger partial charge in [-0.15, -0.1) is 0 Å². The maximum Gasteiger partial charge on any atom is 0.119 e. The SMILES string of the molecule is COc1ccc2c(c1)CCCC(C)(C)C2. The summed E-state index contributed by atoms with van der Waals surface area (Å²) in [5, 5.41) is 0. The van der Waals surface area contributed by atoms with Crippen molar-refractivity contribution in [3.8, 4) is 5.75 Å². The Labute approximate surface area is 92.5 Å². The largest absolute Gasteiger partial charge is 0.497 e. The molecule has 0 N–H and O–H groups in total. The van der Waals surface area contributed by atoms with E-state index < -0.39 is 0 Å². The third-order valence-electron chi connectivity index (χ3n) is 3.38. The molecule has 1 aromatic rings. The smallest absolute Gasteiger partial charge is 0.119 e. The Bertz CT molecular complexity index is 352. The van der Waals surface area contributed by atoms with Crippen LogP contribution in [-0.2, 0) is 12.8 Å². The number of hydrogen-bond donors (Lipinski definition) is 0. The number of ether oxygens (including phenoxy) is 1. The highest BCUT2D eigenvalue weighted by Gasteiger charge is 2.23. The first-order chi connectivity index (χ1) is 7.11. The zero-order chi connectivity index (χ0) is 10.9. The van der Waals surface area contributed by atoms with Crippen molar-refractivity contribution in [1.29, 1.82) is 0 Å². The van der Waals surface area contributed by atoms with Crippen LogP contribution < -0.4 is 4.74 Å². The van der Waals surface area contributed by atoms with Crippen molar-refractivity contribution in [3.05, 3.63) is 29.3 Å². The molecule has 2 rings (SSSR count). The minimum absolute atomic E-state index is 0.458. The molecule has 82 valence electrons. The normalized spacial score (nSPS) is 19.1. The molecule has 0 radical (unpaired) electrons. The van der Waals surface area contributed by atoms with E-state index in [1.165, 1.54) is 36.8 Å². The summed E-state index contributed by atoms with van der Waals surface area (Å²) < 4.78 is 5.27. The second-order valence-electron chi connectivity index (χ2n) is 5.33. The lowest BCUT2D eigenvalue weighted by molar-refractivity contribution is 0.332. The van der Waals surface area contributed by atoms with E-state index in [0.29, 0.717) is 5.41 Å². The van der Waals surface area contributed by atoms with Gasteiger partial charge >= 0.3 is 0 Å². The van der Waals surface area contributed by atoms with Crippen LogP contribution in [0.5, 0.6) is 5.75 Å². The van der Waals surface area contributed by atoms with Crippen LogP contribution in [0.4, 0.5) is 0 Å². The van der Waals surface area contributed by atoms with E-state index in [4.69, 9.17) is 4.74 Å². The molecular weight excluding hydrogens is 184 g/mol. The molecule has 1 aliphatic carbocycles. The highest BCUT2D eigenvalue weighted by molar-refractivity contribution is 5.37. The molecule has 0 bridgehead atoms. The molecule has 0 saturated carbocycles. The lowest BCUT2D eigenvalue weighted by atomic mass is 9.83. The molecule has 1 nitrogen and oxygen atoms in total. The van der Waals surface area contributed by atoms with E-state index in [-0.39, 0.29) is 0 Å². The van der Waals surface area contributed by atoms with E-state index in [1.807, 2.05) is 0 Å². The Balaban J connectivity index is 2.34. The minimum atomic E-state index is 0.458. The summed E-state index contributed by atoms with van der Waals surface area (Å²) >= 11 is 0. The third kappa shape index (κ3) is 2.34. The third-order valence-corrected chi connectivity index (χ3v) is 3.38. The molecule has 1 aliphatic rings. The summed E-state index contributed by atoms with van der Waals surface area (Å²) in [5.74, 6) is 0.994. The van der Waals surface area contributed by atoms with Crippen molar-refractivity contribution < 1.29 is 4.74 Å². The first-order valence-corrected chi connectivity index (χ1v) is 5.76. The molecule has 0 saturated heterocycles. The molecule has 0 heterocycles. The van der Waals surface area contributed by atoms with Crippen LogP contribution in [0, 0.1) is 5.41 Å². The van der Waals surface area contributed by atoms with Crippen molar-refractivity contribution in [2.24, 2.45) is 5.41 Å². The van der Waals surface area contributed by atoms with Crippen LogP contribution in [0.1, 0.15) is 37.8 Å². The standard InChI is InChI=1S/C14H20O/c1-14(2)8-4-5-11-9-13(15-3)7-6-12(11)10-14/h6-7,9H,4-5,8,10H2,1-3H3. The van der Waals surface area contributed by atoms with Crippen molar-refractivity contribution in [2.75, 3.05) is 7.11 Å². The van der Waals surface area contributed by atoms with Gasteiger partial charge in [0.15, 0.2) is 0 Å². The quantitative estimate of drug-likeness (QED) is 0.635. The van der Waals surface area contributed by atoms with Crippen LogP contribution >= 0.6 is 0 Å². The maximum absolute atomic E-state index is 5.27. The van der Waals surface area contributed by atoms with Gasteiger partial charge in [-0.05, 0) is 54.4 Å². The van der Waals surface area contributed by atoms with Gasteiger partial charge in [0, 0.05) is 0 Å². The number of fused-ring (bicyclic) bond motifs is 1. The summed E-state index contributed by atoms with van der Waals surface area (Å²) in [5.41, 5.74) is 3.46. The number of aryl methyl sites for hydroxylation is 1. The van der Waals surface area contributed by atoms with E-state index in [1.54, 1.807) is 7.11 Å². The van der Waals surface area contributed by atoms with E-state index >= 15 is 0 Å². The first kappa shape index (κ1) is 10.5. The molecule has 1 heteroatoms. The fraction of sp³-hybridized carbons (Fsp3) is 0.571. The molecule has 0 aliphatic heterocycles. The number of benzene rings is 1. The summed E-state index contributed by atoms with van der Waals surface area (Å²) in [6.07, 6.45) is 5.03. The molecular formula is C14H20O. The van der Waals surface area contributed by atoms with Gasteiger partial charge in [-0.1, -0.05) is 19.9 Å². The fourth-order valence-electron chi connectivity index (χ4n) is 2.50. The van der Waals surface area contributed by atoms with Crippen LogP contribution in [0.15, 0.2) is 18.2 Å². The van der Waals surface area contributed by atoms with Gasteiger partial charge in [0.25, 0.3) is 0 Å². The predicted molar refractivity (Wildman–Crippen MR) is 63.4 cm³/mol. The topological polar surface area (TPSA) is 9.23 Å². The summed E-state index contributed by atoms with van der Waals surface area (Å²) in [6.45, 7) is 4.73. The molecule has 1 aromatic carbocycles. The number of methoxy groups -OCH3 is 1. The van der Waals surface area contributed by atoms with Crippen LogP contribution in [0.2, 0.25) is 0 Å². The Hall–Kier alpha value is -0.980. The predicted octanol–water partition coefficient (Wildman–Crippen LogP) is 3.60. The maximum atomic E-state index is 5.27. The van der Waals surface area contributed by atoms with E-state index in [2.05, 4.69) is 32.0 Å². The van der Waals surface area contributed by atoms with Crippen LogP contribution in [0.3, 0.4) is 0 Å². The Kier molecular flexibility index (Phi) is 2.72. The van der Waals surface area contributed by atoms with Crippen molar-refractivity contribution >= 4 is 0 Å². The summed E-state index contributed by atoms with van der Waals surface area (Å²) in [7, 11) is 1.74. The molecule has 0 aromatic heterocycles. The molecule has 0 atom stereocenters. The van der Waals surface area contributed by atoms with Crippen molar-refractivity contribution in [3.63, 3.8) is 0 Å². The van der Waals surface area contributed by atoms with Crippen LogP contribution in [0.25, 0.3) is 0 Å². The number of rotatable bonds is 1. The van der Waals surface area contributed by atoms with Gasteiger partial charge in [0.05, 0.1) is 7.11 Å². The molecule has 0 unspecified atom stereocenters. The zero-order valence-corrected chi connectivity index (χ0v) is 9.97. The molecule has 0 spiro atoms. The molecule has 0 amide bonds. The first-order valence-electron chi connectivity index (χ1n) is 5.76.